The molecule has 21 heavy (non-hydrogen) atoms. The van der Waals surface area contributed by atoms with Gasteiger partial charge in [0.15, 0.2) is 0 Å². The summed E-state index contributed by atoms with van der Waals surface area (Å²) in [5.41, 5.74) is 9.17. The van der Waals surface area contributed by atoms with Crippen LogP contribution in [0.4, 0.5) is 17.1 Å². The predicted molar refractivity (Wildman–Crippen MR) is 86.2 cm³/mol. The lowest BCUT2D eigenvalue weighted by Crippen LogP contribution is -2.03. The standard InChI is InChI=1S/C17H20N2O2/c1-2-3-4-12-5-7-13(8-6-12)19-14-9-10-15(17(20)21)16(18)11-14/h5-11,19H,2-4,18H2,1H3,(H,20,21). The van der Waals surface area contributed by atoms with Crippen LogP contribution in [0.25, 0.3) is 0 Å². The summed E-state index contributed by atoms with van der Waals surface area (Å²) in [6, 6.07) is 13.1. The number of anilines is 3. The van der Waals surface area contributed by atoms with Gasteiger partial charge in [-0.3, -0.25) is 0 Å². The van der Waals surface area contributed by atoms with Crippen LogP contribution in [0.5, 0.6) is 0 Å². The third-order valence-corrected chi connectivity index (χ3v) is 3.34. The molecule has 0 atom stereocenters. The van der Waals surface area contributed by atoms with E-state index in [0.29, 0.717) is 0 Å². The van der Waals surface area contributed by atoms with E-state index in [9.17, 15) is 4.79 Å². The second kappa shape index (κ2) is 6.79. The summed E-state index contributed by atoms with van der Waals surface area (Å²) in [6.07, 6.45) is 3.48. The number of aryl methyl sites for hydroxylation is 1. The minimum Gasteiger partial charge on any atom is -0.478 e. The van der Waals surface area contributed by atoms with Crippen LogP contribution in [0, 0.1) is 0 Å². The van der Waals surface area contributed by atoms with E-state index in [1.807, 2.05) is 12.1 Å². The first kappa shape index (κ1) is 14.9. The number of carboxylic acid groups (broad SMARTS) is 1. The highest BCUT2D eigenvalue weighted by Crippen LogP contribution is 2.22. The van der Waals surface area contributed by atoms with Crippen molar-refractivity contribution in [2.75, 3.05) is 11.1 Å². The zero-order valence-electron chi connectivity index (χ0n) is 12.1. The number of rotatable bonds is 6. The fraction of sp³-hybridized carbons (Fsp3) is 0.235. The number of hydrogen-bond acceptors (Lipinski definition) is 3. The Kier molecular flexibility index (Phi) is 4.82. The highest BCUT2D eigenvalue weighted by Gasteiger charge is 2.07. The van der Waals surface area contributed by atoms with Crippen molar-refractivity contribution in [1.29, 1.82) is 0 Å². The third kappa shape index (κ3) is 3.99. The van der Waals surface area contributed by atoms with E-state index in [4.69, 9.17) is 10.8 Å². The molecular formula is C17H20N2O2. The third-order valence-electron chi connectivity index (χ3n) is 3.34. The molecule has 4 nitrogen and oxygen atoms in total. The lowest BCUT2D eigenvalue weighted by Gasteiger charge is -2.09. The quantitative estimate of drug-likeness (QED) is 0.699. The Morgan fingerprint density at radius 1 is 1.14 bits per heavy atom. The zero-order chi connectivity index (χ0) is 15.2. The molecule has 0 fully saturated rings. The van der Waals surface area contributed by atoms with Gasteiger partial charge in [-0.15, -0.1) is 0 Å². The molecule has 110 valence electrons. The van der Waals surface area contributed by atoms with E-state index >= 15 is 0 Å². The van der Waals surface area contributed by atoms with Crippen molar-refractivity contribution < 1.29 is 9.90 Å². The summed E-state index contributed by atoms with van der Waals surface area (Å²) in [7, 11) is 0. The molecule has 0 saturated heterocycles. The molecule has 0 amide bonds. The molecule has 0 bridgehead atoms. The van der Waals surface area contributed by atoms with Crippen LogP contribution < -0.4 is 11.1 Å². The number of aromatic carboxylic acids is 1. The molecule has 2 aromatic rings. The number of nitrogens with one attached hydrogen (secondary N) is 1. The molecule has 0 aromatic heterocycles. The van der Waals surface area contributed by atoms with Gasteiger partial charge in [0, 0.05) is 17.1 Å². The lowest BCUT2D eigenvalue weighted by atomic mass is 10.1. The Bertz CT molecular complexity index is 621. The van der Waals surface area contributed by atoms with Crippen LogP contribution in [-0.2, 0) is 6.42 Å². The maximum atomic E-state index is 10.9. The molecule has 0 aliphatic rings. The number of nitrogen functional groups attached to an aromatic ring is 1. The maximum absolute atomic E-state index is 10.9. The van der Waals surface area contributed by atoms with Crippen LogP contribution in [-0.4, -0.2) is 11.1 Å². The molecule has 0 heterocycles. The number of carboxylic acids is 1. The number of carbonyl (C=O) groups is 1. The number of unbranched alkanes of at least 4 members (excludes halogenated alkanes) is 1. The molecule has 0 aliphatic carbocycles. The second-order valence-electron chi connectivity index (χ2n) is 5.03. The SMILES string of the molecule is CCCCc1ccc(Nc2ccc(C(=O)O)c(N)c2)cc1. The van der Waals surface area contributed by atoms with Crippen LogP contribution >= 0.6 is 0 Å². The summed E-state index contributed by atoms with van der Waals surface area (Å²) in [4.78, 5) is 10.9. The molecular weight excluding hydrogens is 264 g/mol. The van der Waals surface area contributed by atoms with Crippen molar-refractivity contribution in [3.8, 4) is 0 Å². The predicted octanol–water partition coefficient (Wildman–Crippen LogP) is 4.05. The molecule has 4 heteroatoms. The van der Waals surface area contributed by atoms with Gasteiger partial charge in [-0.05, 0) is 48.7 Å². The molecule has 0 radical (unpaired) electrons. The van der Waals surface area contributed by atoms with Crippen molar-refractivity contribution in [2.24, 2.45) is 0 Å². The van der Waals surface area contributed by atoms with E-state index < -0.39 is 5.97 Å². The van der Waals surface area contributed by atoms with Gasteiger partial charge in [-0.1, -0.05) is 25.5 Å². The van der Waals surface area contributed by atoms with E-state index in [0.717, 1.165) is 17.8 Å². The molecule has 4 N–H and O–H groups in total. The van der Waals surface area contributed by atoms with E-state index in [1.54, 1.807) is 12.1 Å². The second-order valence-corrected chi connectivity index (χ2v) is 5.03. The molecule has 2 aromatic carbocycles. The zero-order valence-corrected chi connectivity index (χ0v) is 12.1. The highest BCUT2D eigenvalue weighted by molar-refractivity contribution is 5.94. The van der Waals surface area contributed by atoms with Gasteiger partial charge in [-0.2, -0.15) is 0 Å². The van der Waals surface area contributed by atoms with E-state index in [1.165, 1.54) is 24.5 Å². The van der Waals surface area contributed by atoms with E-state index in [2.05, 4.69) is 24.4 Å². The van der Waals surface area contributed by atoms with Crippen molar-refractivity contribution in [1.82, 2.24) is 0 Å². The first-order chi connectivity index (χ1) is 10.1. The summed E-state index contributed by atoms with van der Waals surface area (Å²) in [6.45, 7) is 2.18. The van der Waals surface area contributed by atoms with Gasteiger partial charge in [0.05, 0.1) is 5.56 Å². The minimum atomic E-state index is -1.01. The molecule has 0 unspecified atom stereocenters. The van der Waals surface area contributed by atoms with Gasteiger partial charge >= 0.3 is 5.97 Å². The number of benzene rings is 2. The van der Waals surface area contributed by atoms with Gasteiger partial charge in [0.2, 0.25) is 0 Å². The normalized spacial score (nSPS) is 10.3. The smallest absolute Gasteiger partial charge is 0.337 e. The van der Waals surface area contributed by atoms with Crippen molar-refractivity contribution in [2.45, 2.75) is 26.2 Å². The van der Waals surface area contributed by atoms with Gasteiger partial charge < -0.3 is 16.2 Å². The van der Waals surface area contributed by atoms with Crippen LogP contribution in [0.2, 0.25) is 0 Å². The minimum absolute atomic E-state index is 0.121. The summed E-state index contributed by atoms with van der Waals surface area (Å²) >= 11 is 0. The largest absolute Gasteiger partial charge is 0.478 e. The topological polar surface area (TPSA) is 75.3 Å². The average Bonchev–Trinajstić information content (AvgIpc) is 2.46. The van der Waals surface area contributed by atoms with Crippen LogP contribution in [0.15, 0.2) is 42.5 Å². The Morgan fingerprint density at radius 3 is 2.38 bits per heavy atom. The first-order valence-electron chi connectivity index (χ1n) is 7.09. The van der Waals surface area contributed by atoms with Gasteiger partial charge in [0.1, 0.15) is 0 Å². The molecule has 2 rings (SSSR count). The Balaban J connectivity index is 2.07. The fourth-order valence-corrected chi connectivity index (χ4v) is 2.14. The molecule has 0 saturated carbocycles. The average molecular weight is 284 g/mol. The first-order valence-corrected chi connectivity index (χ1v) is 7.09. The number of nitrogens with two attached hydrogens (primary N) is 1. The van der Waals surface area contributed by atoms with Crippen molar-refractivity contribution in [3.05, 3.63) is 53.6 Å². The van der Waals surface area contributed by atoms with E-state index in [-0.39, 0.29) is 11.3 Å². The lowest BCUT2D eigenvalue weighted by molar-refractivity contribution is 0.0698. The summed E-state index contributed by atoms with van der Waals surface area (Å²) in [5, 5.41) is 12.2. The number of hydrogen-bond donors (Lipinski definition) is 3. The fourth-order valence-electron chi connectivity index (χ4n) is 2.14. The Hall–Kier alpha value is -2.49. The van der Waals surface area contributed by atoms with Gasteiger partial charge in [-0.25, -0.2) is 4.79 Å². The maximum Gasteiger partial charge on any atom is 0.337 e. The van der Waals surface area contributed by atoms with Crippen molar-refractivity contribution in [3.63, 3.8) is 0 Å². The van der Waals surface area contributed by atoms with Crippen LogP contribution in [0.3, 0.4) is 0 Å². The Morgan fingerprint density at radius 2 is 1.81 bits per heavy atom. The van der Waals surface area contributed by atoms with Gasteiger partial charge in [0.25, 0.3) is 0 Å². The monoisotopic (exact) mass is 284 g/mol. The Labute approximate surface area is 124 Å². The molecule has 0 spiro atoms. The molecule has 0 aliphatic heterocycles. The summed E-state index contributed by atoms with van der Waals surface area (Å²) < 4.78 is 0. The summed E-state index contributed by atoms with van der Waals surface area (Å²) in [5.74, 6) is -1.01. The highest BCUT2D eigenvalue weighted by atomic mass is 16.4. The van der Waals surface area contributed by atoms with Crippen LogP contribution in [0.1, 0.15) is 35.7 Å². The van der Waals surface area contributed by atoms with Crippen molar-refractivity contribution >= 4 is 23.0 Å².